The van der Waals surface area contributed by atoms with Crippen LogP contribution in [0.25, 0.3) is 0 Å². The molecule has 0 fully saturated rings. The van der Waals surface area contributed by atoms with Gasteiger partial charge in [0.25, 0.3) is 0 Å². The topological polar surface area (TPSA) is 55.1 Å². The van der Waals surface area contributed by atoms with Crippen LogP contribution in [0.3, 0.4) is 0 Å². The molecule has 0 spiro atoms. The SMILES string of the molecule is NC(=O)c1ccc(NCc2cc(F)c(F)c(F)c2)cc1. The van der Waals surface area contributed by atoms with E-state index in [2.05, 4.69) is 5.32 Å². The molecule has 104 valence electrons. The predicted octanol–water partition coefficient (Wildman–Crippen LogP) is 2.81. The molecule has 0 aliphatic rings. The van der Waals surface area contributed by atoms with E-state index in [1.807, 2.05) is 0 Å². The quantitative estimate of drug-likeness (QED) is 0.846. The molecule has 2 aromatic rings. The first-order chi connectivity index (χ1) is 9.47. The van der Waals surface area contributed by atoms with Gasteiger partial charge in [0.05, 0.1) is 0 Å². The van der Waals surface area contributed by atoms with Crippen molar-refractivity contribution < 1.29 is 18.0 Å². The molecular weight excluding hydrogens is 269 g/mol. The lowest BCUT2D eigenvalue weighted by molar-refractivity contribution is 0.100. The Morgan fingerprint density at radius 3 is 2.10 bits per heavy atom. The van der Waals surface area contributed by atoms with Crippen molar-refractivity contribution in [1.82, 2.24) is 0 Å². The van der Waals surface area contributed by atoms with E-state index >= 15 is 0 Å². The van der Waals surface area contributed by atoms with Crippen molar-refractivity contribution in [1.29, 1.82) is 0 Å². The summed E-state index contributed by atoms with van der Waals surface area (Å²) in [6.07, 6.45) is 0. The largest absolute Gasteiger partial charge is 0.381 e. The number of rotatable bonds is 4. The first kappa shape index (κ1) is 13.9. The Morgan fingerprint density at radius 2 is 1.60 bits per heavy atom. The molecule has 1 amide bonds. The summed E-state index contributed by atoms with van der Waals surface area (Å²) in [7, 11) is 0. The molecule has 0 unspecified atom stereocenters. The molecule has 0 aromatic heterocycles. The molecule has 0 heterocycles. The maximum absolute atomic E-state index is 13.0. The Labute approximate surface area is 113 Å². The third-order valence-electron chi connectivity index (χ3n) is 2.71. The second-order valence-electron chi connectivity index (χ2n) is 4.17. The van der Waals surface area contributed by atoms with Crippen LogP contribution in [0.2, 0.25) is 0 Å². The first-order valence-corrected chi connectivity index (χ1v) is 5.74. The summed E-state index contributed by atoms with van der Waals surface area (Å²) in [6.45, 7) is 0.115. The average molecular weight is 280 g/mol. The molecule has 2 aromatic carbocycles. The van der Waals surface area contributed by atoms with E-state index in [1.54, 1.807) is 12.1 Å². The van der Waals surface area contributed by atoms with Crippen molar-refractivity contribution in [3.05, 3.63) is 65.0 Å². The van der Waals surface area contributed by atoms with Gasteiger partial charge in [-0.1, -0.05) is 0 Å². The summed E-state index contributed by atoms with van der Waals surface area (Å²) in [6, 6.07) is 8.10. The number of amides is 1. The Balaban J connectivity index is 2.07. The summed E-state index contributed by atoms with van der Waals surface area (Å²) in [5.74, 6) is -4.49. The molecule has 0 radical (unpaired) electrons. The summed E-state index contributed by atoms with van der Waals surface area (Å²) in [5, 5.41) is 2.89. The Hall–Kier alpha value is -2.50. The summed E-state index contributed by atoms with van der Waals surface area (Å²) >= 11 is 0. The molecule has 20 heavy (non-hydrogen) atoms. The van der Waals surface area contributed by atoms with Crippen molar-refractivity contribution in [3.63, 3.8) is 0 Å². The second kappa shape index (κ2) is 5.64. The van der Waals surface area contributed by atoms with E-state index in [0.717, 1.165) is 12.1 Å². The standard InChI is InChI=1S/C14H11F3N2O/c15-11-5-8(6-12(16)13(11)17)7-19-10-3-1-9(2-4-10)14(18)20/h1-6,19H,7H2,(H2,18,20). The third kappa shape index (κ3) is 3.09. The molecule has 0 bridgehead atoms. The second-order valence-corrected chi connectivity index (χ2v) is 4.17. The summed E-state index contributed by atoms with van der Waals surface area (Å²) in [5.41, 5.74) is 6.36. The highest BCUT2D eigenvalue weighted by Gasteiger charge is 2.10. The normalized spacial score (nSPS) is 10.3. The van der Waals surface area contributed by atoms with E-state index < -0.39 is 23.4 Å². The van der Waals surface area contributed by atoms with Crippen LogP contribution in [0.15, 0.2) is 36.4 Å². The third-order valence-corrected chi connectivity index (χ3v) is 2.71. The minimum Gasteiger partial charge on any atom is -0.381 e. The van der Waals surface area contributed by atoms with E-state index in [1.165, 1.54) is 12.1 Å². The number of anilines is 1. The Morgan fingerprint density at radius 1 is 1.05 bits per heavy atom. The van der Waals surface area contributed by atoms with E-state index in [-0.39, 0.29) is 12.1 Å². The van der Waals surface area contributed by atoms with Crippen LogP contribution >= 0.6 is 0 Å². The van der Waals surface area contributed by atoms with Crippen molar-refractivity contribution in [2.75, 3.05) is 5.32 Å². The van der Waals surface area contributed by atoms with Crippen molar-refractivity contribution in [2.45, 2.75) is 6.54 Å². The number of nitrogens with two attached hydrogens (primary N) is 1. The van der Waals surface area contributed by atoms with E-state index in [4.69, 9.17) is 5.73 Å². The van der Waals surface area contributed by atoms with Gasteiger partial charge in [-0.2, -0.15) is 0 Å². The molecule has 3 nitrogen and oxygen atoms in total. The minimum atomic E-state index is -1.49. The molecule has 0 atom stereocenters. The predicted molar refractivity (Wildman–Crippen MR) is 68.6 cm³/mol. The summed E-state index contributed by atoms with van der Waals surface area (Å²) in [4.78, 5) is 10.9. The number of hydrogen-bond donors (Lipinski definition) is 2. The fourth-order valence-electron chi connectivity index (χ4n) is 1.67. The molecule has 0 aliphatic heterocycles. The molecule has 0 saturated carbocycles. The lowest BCUT2D eigenvalue weighted by Crippen LogP contribution is -2.10. The lowest BCUT2D eigenvalue weighted by Gasteiger charge is -2.08. The van der Waals surface area contributed by atoms with E-state index in [0.29, 0.717) is 11.3 Å². The van der Waals surface area contributed by atoms with Gasteiger partial charge in [-0.05, 0) is 42.0 Å². The molecule has 6 heteroatoms. The van der Waals surface area contributed by atoms with Crippen LogP contribution < -0.4 is 11.1 Å². The number of carbonyl (C=O) groups is 1. The number of hydrogen-bond acceptors (Lipinski definition) is 2. The van der Waals surface area contributed by atoms with Gasteiger partial charge in [0.2, 0.25) is 5.91 Å². The fourth-order valence-corrected chi connectivity index (χ4v) is 1.67. The van der Waals surface area contributed by atoms with Crippen LogP contribution in [0, 0.1) is 17.5 Å². The van der Waals surface area contributed by atoms with Crippen LogP contribution in [-0.4, -0.2) is 5.91 Å². The number of nitrogens with one attached hydrogen (secondary N) is 1. The Kier molecular flexibility index (Phi) is 3.93. The van der Waals surface area contributed by atoms with Crippen LogP contribution in [0.5, 0.6) is 0 Å². The van der Waals surface area contributed by atoms with Gasteiger partial charge >= 0.3 is 0 Å². The number of benzene rings is 2. The van der Waals surface area contributed by atoms with Gasteiger partial charge in [-0.15, -0.1) is 0 Å². The number of primary amides is 1. The number of carbonyl (C=O) groups excluding carboxylic acids is 1. The van der Waals surface area contributed by atoms with E-state index in [9.17, 15) is 18.0 Å². The van der Waals surface area contributed by atoms with Gasteiger partial charge in [0.1, 0.15) is 0 Å². The highest BCUT2D eigenvalue weighted by atomic mass is 19.2. The highest BCUT2D eigenvalue weighted by molar-refractivity contribution is 5.93. The fraction of sp³-hybridized carbons (Fsp3) is 0.0714. The van der Waals surface area contributed by atoms with Crippen molar-refractivity contribution in [3.8, 4) is 0 Å². The first-order valence-electron chi connectivity index (χ1n) is 5.74. The molecule has 3 N–H and O–H groups in total. The number of halogens is 3. The van der Waals surface area contributed by atoms with Gasteiger partial charge in [-0.25, -0.2) is 13.2 Å². The van der Waals surface area contributed by atoms with Gasteiger partial charge in [0, 0.05) is 17.8 Å². The van der Waals surface area contributed by atoms with Crippen LogP contribution in [0.4, 0.5) is 18.9 Å². The molecule has 0 saturated heterocycles. The van der Waals surface area contributed by atoms with Crippen LogP contribution in [0.1, 0.15) is 15.9 Å². The minimum absolute atomic E-state index is 0.115. The molecule has 2 rings (SSSR count). The van der Waals surface area contributed by atoms with Gasteiger partial charge < -0.3 is 11.1 Å². The van der Waals surface area contributed by atoms with Crippen molar-refractivity contribution >= 4 is 11.6 Å². The molecule has 0 aliphatic carbocycles. The molecular formula is C14H11F3N2O. The average Bonchev–Trinajstić information content (AvgIpc) is 2.42. The maximum atomic E-state index is 13.0. The Bertz CT molecular complexity index is 618. The monoisotopic (exact) mass is 280 g/mol. The smallest absolute Gasteiger partial charge is 0.248 e. The van der Waals surface area contributed by atoms with Gasteiger partial charge in [-0.3, -0.25) is 4.79 Å². The zero-order valence-electron chi connectivity index (χ0n) is 10.3. The lowest BCUT2D eigenvalue weighted by atomic mass is 10.1. The van der Waals surface area contributed by atoms with Gasteiger partial charge in [0.15, 0.2) is 17.5 Å². The zero-order valence-corrected chi connectivity index (χ0v) is 10.3. The zero-order chi connectivity index (χ0) is 14.7. The summed E-state index contributed by atoms with van der Waals surface area (Å²) < 4.78 is 38.8. The maximum Gasteiger partial charge on any atom is 0.248 e. The highest BCUT2D eigenvalue weighted by Crippen LogP contribution is 2.15. The van der Waals surface area contributed by atoms with Crippen LogP contribution in [-0.2, 0) is 6.54 Å². The van der Waals surface area contributed by atoms with Crippen molar-refractivity contribution in [2.24, 2.45) is 5.73 Å².